The maximum Gasteiger partial charge on any atom is 0.279 e. The highest BCUT2D eigenvalue weighted by Crippen LogP contribution is 2.45. The Morgan fingerprint density at radius 1 is 0.540 bits per heavy atom. The zero-order chi connectivity index (χ0) is 34.4. The van der Waals surface area contributed by atoms with Gasteiger partial charge in [-0.05, 0) is 60.4 Å². The second-order valence-electron chi connectivity index (χ2n) is 13.7. The van der Waals surface area contributed by atoms with E-state index in [1.165, 1.54) is 78.5 Å². The lowest BCUT2D eigenvalue weighted by Crippen LogP contribution is -2.68. The maximum absolute atomic E-state index is 2.65. The van der Waals surface area contributed by atoms with E-state index in [-0.39, 0.29) is 0 Å². The fourth-order valence-corrected chi connectivity index (χ4v) is 8.33. The Hall–Kier alpha value is -5.67. The Morgan fingerprint density at radius 3 is 1.80 bits per heavy atom. The van der Waals surface area contributed by atoms with Gasteiger partial charge in [0, 0.05) is 66.4 Å². The van der Waals surface area contributed by atoms with Crippen LogP contribution < -0.4 is 13.7 Å². The summed E-state index contributed by atoms with van der Waals surface area (Å²) in [6.07, 6.45) is 3.39. The monoisotopic (exact) mass is 650 g/mol. The molecular weight excluding hydrogens is 607 g/mol. The van der Waals surface area contributed by atoms with Crippen molar-refractivity contribution < 1.29 is 13.7 Å². The highest BCUT2D eigenvalue weighted by molar-refractivity contribution is 5.74. The Labute approximate surface area is 296 Å². The fourth-order valence-electron chi connectivity index (χ4n) is 8.33. The standard InChI is InChI=1S/C47H44N3/c1-6-36-30-46-40-25-13-15-27-43(40)47(32-49(46)31-41(36)37-21-8-7-9-22-37,42-26-14-12-24-39(42)44-28-16-19-34(3)48(44)5)50-35(4)20-17-29-45(50)38-23-11-10-18-33(38)2/h7-31H,6,32H2,1-5H3/q+3. The number of hydrogen-bond acceptors (Lipinski definition) is 0. The molecule has 3 nitrogen and oxygen atoms in total. The molecule has 0 aliphatic carbocycles. The van der Waals surface area contributed by atoms with Crippen molar-refractivity contribution in [3.05, 3.63) is 185 Å². The van der Waals surface area contributed by atoms with Gasteiger partial charge in [-0.1, -0.05) is 91.9 Å². The maximum atomic E-state index is 2.65. The van der Waals surface area contributed by atoms with Gasteiger partial charge in [-0.2, -0.15) is 13.7 Å². The van der Waals surface area contributed by atoms with E-state index in [1.807, 2.05) is 0 Å². The van der Waals surface area contributed by atoms with Gasteiger partial charge < -0.3 is 0 Å². The van der Waals surface area contributed by atoms with Crippen LogP contribution in [0.2, 0.25) is 0 Å². The SMILES string of the molecule is CCc1cc2[n+](cc1-c1ccccc1)CC(c1ccccc1-c1cccc(C)[n+]1C)([n+]1c(C)cccc1-c1ccccc1C)c1ccccc1-2. The van der Waals surface area contributed by atoms with Crippen molar-refractivity contribution in [1.29, 1.82) is 0 Å². The number of fused-ring (bicyclic) bond motifs is 3. The second-order valence-corrected chi connectivity index (χ2v) is 13.7. The number of nitrogens with zero attached hydrogens (tertiary/aromatic N) is 3. The molecule has 50 heavy (non-hydrogen) atoms. The molecule has 0 fully saturated rings. The van der Waals surface area contributed by atoms with Crippen LogP contribution in [0, 0.1) is 20.8 Å². The summed E-state index contributed by atoms with van der Waals surface area (Å²) in [7, 11) is 2.19. The first-order chi connectivity index (χ1) is 24.4. The molecule has 0 bridgehead atoms. The molecule has 244 valence electrons. The zero-order valence-corrected chi connectivity index (χ0v) is 29.7. The van der Waals surface area contributed by atoms with Crippen LogP contribution in [0.5, 0.6) is 0 Å². The van der Waals surface area contributed by atoms with E-state index in [0.717, 1.165) is 13.0 Å². The number of aromatic nitrogens is 3. The quantitative estimate of drug-likeness (QED) is 0.159. The van der Waals surface area contributed by atoms with Gasteiger partial charge in [0.25, 0.3) is 5.54 Å². The van der Waals surface area contributed by atoms with E-state index in [1.54, 1.807) is 0 Å². The van der Waals surface area contributed by atoms with Crippen molar-refractivity contribution in [1.82, 2.24) is 0 Å². The third-order valence-corrected chi connectivity index (χ3v) is 10.9. The highest BCUT2D eigenvalue weighted by Gasteiger charge is 2.57. The van der Waals surface area contributed by atoms with Gasteiger partial charge in [-0.15, -0.1) is 0 Å². The first-order valence-electron chi connectivity index (χ1n) is 17.8. The van der Waals surface area contributed by atoms with Gasteiger partial charge in [0.05, 0.1) is 11.1 Å². The molecule has 1 aliphatic heterocycles. The highest BCUT2D eigenvalue weighted by atomic mass is 15.2. The molecule has 7 aromatic rings. The summed E-state index contributed by atoms with van der Waals surface area (Å²) in [5, 5.41) is 0. The molecular formula is C47H44N3+3. The molecule has 4 aromatic carbocycles. The van der Waals surface area contributed by atoms with Gasteiger partial charge in [-0.3, -0.25) is 0 Å². The van der Waals surface area contributed by atoms with Gasteiger partial charge >= 0.3 is 0 Å². The normalized spacial score (nSPS) is 15.0. The van der Waals surface area contributed by atoms with Crippen LogP contribution in [0.25, 0.3) is 44.9 Å². The van der Waals surface area contributed by atoms with Gasteiger partial charge in [0.2, 0.25) is 23.6 Å². The zero-order valence-electron chi connectivity index (χ0n) is 29.7. The lowest BCUT2D eigenvalue weighted by molar-refractivity contribution is -0.811. The Morgan fingerprint density at radius 2 is 1.12 bits per heavy atom. The molecule has 3 heteroatoms. The summed E-state index contributed by atoms with van der Waals surface area (Å²) in [5.41, 5.74) is 17.0. The van der Waals surface area contributed by atoms with E-state index in [9.17, 15) is 0 Å². The minimum atomic E-state index is -0.605. The largest absolute Gasteiger partial charge is 0.279 e. The molecule has 0 spiro atoms. The average molecular weight is 651 g/mol. The van der Waals surface area contributed by atoms with Crippen LogP contribution in [-0.2, 0) is 25.6 Å². The summed E-state index contributed by atoms with van der Waals surface area (Å²) in [6.45, 7) is 9.69. The molecule has 0 N–H and O–H groups in total. The average Bonchev–Trinajstić information content (AvgIpc) is 3.15. The van der Waals surface area contributed by atoms with Crippen LogP contribution in [0.3, 0.4) is 0 Å². The van der Waals surface area contributed by atoms with Crippen molar-refractivity contribution in [3.8, 4) is 44.9 Å². The third-order valence-electron chi connectivity index (χ3n) is 10.9. The molecule has 3 aromatic heterocycles. The lowest BCUT2D eigenvalue weighted by atomic mass is 9.73. The summed E-state index contributed by atoms with van der Waals surface area (Å²) < 4.78 is 7.51. The van der Waals surface area contributed by atoms with Crippen molar-refractivity contribution >= 4 is 0 Å². The third kappa shape index (κ3) is 4.99. The molecule has 0 radical (unpaired) electrons. The minimum absolute atomic E-state index is 0.605. The second kappa shape index (κ2) is 12.7. The fraction of sp³-hybridized carbons (Fsp3) is 0.170. The van der Waals surface area contributed by atoms with Crippen molar-refractivity contribution in [2.24, 2.45) is 7.05 Å². The molecule has 8 rings (SSSR count). The van der Waals surface area contributed by atoms with Crippen LogP contribution in [0.4, 0.5) is 0 Å². The first-order valence-corrected chi connectivity index (χ1v) is 17.8. The minimum Gasteiger partial charge on any atom is -0.199 e. The smallest absolute Gasteiger partial charge is 0.199 e. The van der Waals surface area contributed by atoms with Crippen molar-refractivity contribution in [2.75, 3.05) is 0 Å². The summed E-state index contributed by atoms with van der Waals surface area (Å²) in [4.78, 5) is 0. The summed E-state index contributed by atoms with van der Waals surface area (Å²) in [5.74, 6) is 0. The molecule has 0 amide bonds. The van der Waals surface area contributed by atoms with Gasteiger partial charge in [0.15, 0.2) is 17.6 Å². The molecule has 1 aliphatic rings. The summed E-state index contributed by atoms with van der Waals surface area (Å²) in [6, 6.07) is 53.8. The predicted molar refractivity (Wildman–Crippen MR) is 202 cm³/mol. The van der Waals surface area contributed by atoms with Crippen LogP contribution in [0.1, 0.15) is 40.6 Å². The van der Waals surface area contributed by atoms with Crippen LogP contribution in [0.15, 0.2) is 152 Å². The predicted octanol–water partition coefficient (Wildman–Crippen LogP) is 9.05. The topological polar surface area (TPSA) is 11.6 Å². The molecule has 0 saturated heterocycles. The Bertz CT molecular complexity index is 2390. The van der Waals surface area contributed by atoms with Crippen LogP contribution >= 0.6 is 0 Å². The molecule has 0 saturated carbocycles. The van der Waals surface area contributed by atoms with E-state index < -0.39 is 5.54 Å². The van der Waals surface area contributed by atoms with Gasteiger partial charge in [0.1, 0.15) is 7.05 Å². The van der Waals surface area contributed by atoms with E-state index in [2.05, 4.69) is 200 Å². The van der Waals surface area contributed by atoms with Crippen LogP contribution in [-0.4, -0.2) is 0 Å². The number of aryl methyl sites for hydroxylation is 4. The molecule has 1 unspecified atom stereocenters. The summed E-state index contributed by atoms with van der Waals surface area (Å²) >= 11 is 0. The van der Waals surface area contributed by atoms with Crippen molar-refractivity contribution in [3.63, 3.8) is 0 Å². The molecule has 1 atom stereocenters. The number of benzene rings is 4. The van der Waals surface area contributed by atoms with E-state index in [0.29, 0.717) is 0 Å². The number of pyridine rings is 3. The Kier molecular flexibility index (Phi) is 7.99. The van der Waals surface area contributed by atoms with E-state index >= 15 is 0 Å². The lowest BCUT2D eigenvalue weighted by Gasteiger charge is -2.35. The van der Waals surface area contributed by atoms with Gasteiger partial charge in [-0.25, -0.2) is 0 Å². The molecule has 4 heterocycles. The Balaban J connectivity index is 1.54. The first kappa shape index (κ1) is 31.6. The van der Waals surface area contributed by atoms with E-state index in [4.69, 9.17) is 0 Å². The number of hydrogen-bond donors (Lipinski definition) is 0. The van der Waals surface area contributed by atoms with Crippen molar-refractivity contribution in [2.45, 2.75) is 46.2 Å². The number of rotatable bonds is 6.